The van der Waals surface area contributed by atoms with Gasteiger partial charge in [-0.1, -0.05) is 25.5 Å². The fraction of sp³-hybridized carbons (Fsp3) is 0.167. The lowest BCUT2D eigenvalue weighted by Gasteiger charge is -2.18. The molecule has 144 valence electrons. The number of amidine groups is 1. The van der Waals surface area contributed by atoms with Gasteiger partial charge in [-0.3, -0.25) is 9.79 Å². The summed E-state index contributed by atoms with van der Waals surface area (Å²) in [5, 5.41) is 14.2. The molecule has 3 aromatic rings. The van der Waals surface area contributed by atoms with Gasteiger partial charge in [-0.15, -0.1) is 15.7 Å². The van der Waals surface area contributed by atoms with E-state index >= 15 is 0 Å². The average Bonchev–Trinajstić information content (AvgIpc) is 3.04. The van der Waals surface area contributed by atoms with E-state index in [1.54, 1.807) is 30.5 Å². The topological polar surface area (TPSA) is 124 Å². The highest BCUT2D eigenvalue weighted by molar-refractivity contribution is 7.90. The molecule has 0 aliphatic carbocycles. The summed E-state index contributed by atoms with van der Waals surface area (Å²) in [6.45, 7) is 2.04. The van der Waals surface area contributed by atoms with Gasteiger partial charge in [0, 0.05) is 6.21 Å². The first kappa shape index (κ1) is 18.4. The van der Waals surface area contributed by atoms with Crippen molar-refractivity contribution in [3.05, 3.63) is 46.2 Å². The van der Waals surface area contributed by atoms with E-state index in [1.165, 1.54) is 17.4 Å². The minimum atomic E-state index is -3.99. The molecule has 0 spiro atoms. The molecule has 8 nitrogen and oxygen atoms in total. The van der Waals surface area contributed by atoms with Gasteiger partial charge in [0.25, 0.3) is 15.6 Å². The number of hydrogen-bond donors (Lipinski definition) is 3. The number of hydrogen-bond acceptors (Lipinski definition) is 7. The molecule has 3 heterocycles. The first-order chi connectivity index (χ1) is 13.4. The molecule has 0 fully saturated rings. The smallest absolute Gasteiger partial charge is 0.286 e. The molecule has 2 aromatic heterocycles. The quantitative estimate of drug-likeness (QED) is 0.563. The Kier molecular flexibility index (Phi) is 4.52. The molecule has 0 amide bonds. The van der Waals surface area contributed by atoms with E-state index in [0.717, 1.165) is 12.8 Å². The second-order valence-electron chi connectivity index (χ2n) is 6.14. The zero-order chi connectivity index (χ0) is 19.9. The molecular weight excluding hydrogens is 400 g/mol. The maximum atomic E-state index is 12.6. The number of H-pyrrole nitrogens is 1. The van der Waals surface area contributed by atoms with Crippen molar-refractivity contribution in [2.24, 2.45) is 9.39 Å². The predicted octanol–water partition coefficient (Wildman–Crippen LogP) is 3.36. The number of aliphatic imine (C=N–C) groups is 1. The number of anilines is 1. The molecule has 1 aliphatic rings. The molecule has 0 unspecified atom stereocenters. The summed E-state index contributed by atoms with van der Waals surface area (Å²) in [7, 11) is -3.99. The van der Waals surface area contributed by atoms with Gasteiger partial charge < -0.3 is 15.4 Å². The zero-order valence-corrected chi connectivity index (χ0v) is 16.4. The molecule has 1 aromatic carbocycles. The van der Waals surface area contributed by atoms with Crippen LogP contribution < -0.4 is 10.9 Å². The summed E-state index contributed by atoms with van der Waals surface area (Å²) in [5.74, 6) is -0.551. The summed E-state index contributed by atoms with van der Waals surface area (Å²) in [6, 6.07) is 7.90. The number of nitrogens with one attached hydrogen (secondary N) is 2. The zero-order valence-electron chi connectivity index (χ0n) is 14.8. The Morgan fingerprint density at radius 2 is 2.11 bits per heavy atom. The molecule has 0 bridgehead atoms. The highest BCUT2D eigenvalue weighted by atomic mass is 32.2. The van der Waals surface area contributed by atoms with Crippen LogP contribution in [0.5, 0.6) is 5.75 Å². The van der Waals surface area contributed by atoms with Gasteiger partial charge in [0.2, 0.25) is 0 Å². The molecule has 0 saturated heterocycles. The van der Waals surface area contributed by atoms with Crippen molar-refractivity contribution >= 4 is 54.3 Å². The third-order valence-electron chi connectivity index (χ3n) is 4.15. The van der Waals surface area contributed by atoms with Gasteiger partial charge in [-0.05, 0) is 24.6 Å². The summed E-state index contributed by atoms with van der Waals surface area (Å²) in [6.07, 6.45) is 3.55. The number of sulfonamides is 1. The van der Waals surface area contributed by atoms with Gasteiger partial charge in [-0.25, -0.2) is 0 Å². The highest BCUT2D eigenvalue weighted by Crippen LogP contribution is 2.38. The normalized spacial score (nSPS) is 15.4. The van der Waals surface area contributed by atoms with E-state index in [4.69, 9.17) is 0 Å². The van der Waals surface area contributed by atoms with Crippen molar-refractivity contribution in [2.75, 3.05) is 5.32 Å². The fourth-order valence-corrected chi connectivity index (χ4v) is 4.90. The van der Waals surface area contributed by atoms with E-state index in [1.807, 2.05) is 6.92 Å². The van der Waals surface area contributed by atoms with E-state index in [0.29, 0.717) is 20.9 Å². The monoisotopic (exact) mass is 416 g/mol. The number of para-hydroxylation sites is 1. The maximum absolute atomic E-state index is 12.6. The van der Waals surface area contributed by atoms with Crippen LogP contribution in [0.3, 0.4) is 0 Å². The number of fused-ring (bicyclic) bond motifs is 2. The van der Waals surface area contributed by atoms with Crippen molar-refractivity contribution in [1.82, 2.24) is 4.98 Å². The second-order valence-corrected chi connectivity index (χ2v) is 8.74. The number of unbranched alkanes of at least 4 members (excludes halogenated alkanes) is 1. The number of nitrogens with zero attached hydrogens (tertiary/aromatic N) is 2. The summed E-state index contributed by atoms with van der Waals surface area (Å²) >= 11 is 1.20. The van der Waals surface area contributed by atoms with Gasteiger partial charge in [0.05, 0.1) is 15.9 Å². The van der Waals surface area contributed by atoms with E-state index in [2.05, 4.69) is 19.7 Å². The van der Waals surface area contributed by atoms with E-state index < -0.39 is 15.6 Å². The van der Waals surface area contributed by atoms with E-state index in [9.17, 15) is 18.3 Å². The van der Waals surface area contributed by atoms with Gasteiger partial charge in [0.1, 0.15) is 15.5 Å². The molecule has 1 aliphatic heterocycles. The third kappa shape index (κ3) is 3.10. The minimum absolute atomic E-state index is 0.0133. The van der Waals surface area contributed by atoms with Crippen LogP contribution in [0, 0.1) is 0 Å². The largest absolute Gasteiger partial charge is 0.505 e. The van der Waals surface area contributed by atoms with Crippen molar-refractivity contribution in [3.8, 4) is 5.75 Å². The third-order valence-corrected chi connectivity index (χ3v) is 6.53. The summed E-state index contributed by atoms with van der Waals surface area (Å²) in [5.41, 5.74) is -0.147. The standard InChI is InChI=1S/C18H16N4O4S2/c1-2-3-8-19-13-9-11-16(27-13)15(23)14(18(24)21-11)17-20-10-6-4-5-7-12(10)28(25,26)22-17/h4-9H,2-3H2,1H3,(H,20,22)(H2,21,23,24). The molecule has 0 saturated carbocycles. The number of aromatic amines is 1. The lowest BCUT2D eigenvalue weighted by molar-refractivity contribution is 0.480. The number of thiophene rings is 1. The van der Waals surface area contributed by atoms with Crippen LogP contribution in [0.15, 0.2) is 49.4 Å². The first-order valence-corrected chi connectivity index (χ1v) is 10.8. The van der Waals surface area contributed by atoms with Crippen LogP contribution in [0.1, 0.15) is 25.3 Å². The SMILES string of the molecule is CCCC=Nc1cc2[nH]c(=O)c(C3=NS(=O)(=O)c4ccccc4N3)c(O)c2s1. The molecule has 10 heteroatoms. The molecule has 0 radical (unpaired) electrons. The van der Waals surface area contributed by atoms with Crippen LogP contribution in [0.25, 0.3) is 10.2 Å². The van der Waals surface area contributed by atoms with Gasteiger partial charge in [-0.2, -0.15) is 8.42 Å². The molecule has 28 heavy (non-hydrogen) atoms. The van der Waals surface area contributed by atoms with Gasteiger partial charge >= 0.3 is 0 Å². The Morgan fingerprint density at radius 1 is 1.32 bits per heavy atom. The lowest BCUT2D eigenvalue weighted by Crippen LogP contribution is -2.28. The van der Waals surface area contributed by atoms with Crippen molar-refractivity contribution in [1.29, 1.82) is 0 Å². The Balaban J connectivity index is 1.86. The predicted molar refractivity (Wildman–Crippen MR) is 111 cm³/mol. The van der Waals surface area contributed by atoms with Gasteiger partial charge in [0.15, 0.2) is 11.6 Å². The number of benzene rings is 1. The second kappa shape index (κ2) is 6.88. The number of pyridine rings is 1. The van der Waals surface area contributed by atoms with Crippen molar-refractivity contribution < 1.29 is 13.5 Å². The molecule has 0 atom stereocenters. The Morgan fingerprint density at radius 3 is 2.89 bits per heavy atom. The Bertz CT molecular complexity index is 1300. The number of aromatic hydroxyl groups is 1. The molecule has 3 N–H and O–H groups in total. The van der Waals surface area contributed by atoms with E-state index in [-0.39, 0.29) is 22.0 Å². The van der Waals surface area contributed by atoms with Crippen LogP contribution in [0.4, 0.5) is 10.7 Å². The lowest BCUT2D eigenvalue weighted by atomic mass is 10.2. The fourth-order valence-electron chi connectivity index (χ4n) is 2.84. The number of rotatable bonds is 4. The first-order valence-electron chi connectivity index (χ1n) is 8.53. The summed E-state index contributed by atoms with van der Waals surface area (Å²) in [4.78, 5) is 19.6. The highest BCUT2D eigenvalue weighted by Gasteiger charge is 2.29. The average molecular weight is 416 g/mol. The summed E-state index contributed by atoms with van der Waals surface area (Å²) < 4.78 is 29.0. The van der Waals surface area contributed by atoms with Crippen LogP contribution in [0.2, 0.25) is 0 Å². The van der Waals surface area contributed by atoms with Crippen LogP contribution in [-0.4, -0.2) is 30.6 Å². The van der Waals surface area contributed by atoms with Crippen molar-refractivity contribution in [3.63, 3.8) is 0 Å². The maximum Gasteiger partial charge on any atom is 0.286 e. The molecular formula is C18H16N4O4S2. The van der Waals surface area contributed by atoms with Crippen LogP contribution in [-0.2, 0) is 10.0 Å². The molecule has 4 rings (SSSR count). The van der Waals surface area contributed by atoms with Crippen LogP contribution >= 0.6 is 11.3 Å². The Hall–Kier alpha value is -2.98. The van der Waals surface area contributed by atoms with Crippen molar-refractivity contribution in [2.45, 2.75) is 24.7 Å². The Labute approximate surface area is 164 Å². The number of aromatic nitrogens is 1. The minimum Gasteiger partial charge on any atom is -0.505 e.